The zero-order chi connectivity index (χ0) is 9.97. The Kier molecular flexibility index (Phi) is 3.14. The van der Waals surface area contributed by atoms with Crippen LogP contribution in [0.25, 0.3) is 0 Å². The van der Waals surface area contributed by atoms with E-state index in [1.807, 2.05) is 6.07 Å². The van der Waals surface area contributed by atoms with Gasteiger partial charge < -0.3 is 9.73 Å². The molecule has 1 saturated carbocycles. The number of halogens is 1. The molecular weight excluding hydrogens is 198 g/mol. The molecule has 0 aliphatic heterocycles. The van der Waals surface area contributed by atoms with Gasteiger partial charge in [0.2, 0.25) is 0 Å². The van der Waals surface area contributed by atoms with E-state index >= 15 is 0 Å². The van der Waals surface area contributed by atoms with Crippen molar-refractivity contribution in [2.75, 3.05) is 0 Å². The molecule has 0 bridgehead atoms. The summed E-state index contributed by atoms with van der Waals surface area (Å²) in [5, 5.41) is 3.96. The molecule has 1 aromatic heterocycles. The molecule has 0 amide bonds. The van der Waals surface area contributed by atoms with Gasteiger partial charge in [-0.05, 0) is 48.9 Å². The summed E-state index contributed by atoms with van der Waals surface area (Å²) in [5.74, 6) is 1.79. The van der Waals surface area contributed by atoms with E-state index in [0.29, 0.717) is 11.3 Å². The fourth-order valence-electron chi connectivity index (χ4n) is 2.08. The molecule has 1 fully saturated rings. The maximum atomic E-state index is 5.68. The fourth-order valence-corrected chi connectivity index (χ4v) is 2.25. The van der Waals surface area contributed by atoms with E-state index in [4.69, 9.17) is 16.0 Å². The van der Waals surface area contributed by atoms with Crippen molar-refractivity contribution < 1.29 is 4.42 Å². The van der Waals surface area contributed by atoms with Crippen molar-refractivity contribution in [1.82, 2.24) is 5.32 Å². The molecule has 0 spiro atoms. The first-order valence-electron chi connectivity index (χ1n) is 5.21. The predicted octanol–water partition coefficient (Wildman–Crippen LogP) is 3.21. The SMILES string of the molecule is CC1CCC(NCc2ccc(Cl)o2)C1. The summed E-state index contributed by atoms with van der Waals surface area (Å²) in [6.07, 6.45) is 3.92. The highest BCUT2D eigenvalue weighted by molar-refractivity contribution is 6.28. The minimum atomic E-state index is 0.474. The zero-order valence-electron chi connectivity index (χ0n) is 8.42. The maximum absolute atomic E-state index is 5.68. The average Bonchev–Trinajstić information content (AvgIpc) is 2.72. The van der Waals surface area contributed by atoms with Crippen LogP contribution in [-0.4, -0.2) is 6.04 Å². The third-order valence-corrected chi connectivity index (χ3v) is 3.09. The molecule has 0 aromatic carbocycles. The summed E-state index contributed by atoms with van der Waals surface area (Å²) in [6, 6.07) is 4.37. The van der Waals surface area contributed by atoms with Crippen molar-refractivity contribution in [3.8, 4) is 0 Å². The van der Waals surface area contributed by atoms with Gasteiger partial charge in [0.05, 0.1) is 6.54 Å². The number of furan rings is 1. The quantitative estimate of drug-likeness (QED) is 0.834. The molecule has 2 rings (SSSR count). The zero-order valence-corrected chi connectivity index (χ0v) is 9.18. The van der Waals surface area contributed by atoms with Crippen LogP contribution >= 0.6 is 11.6 Å². The number of rotatable bonds is 3. The van der Waals surface area contributed by atoms with Crippen molar-refractivity contribution >= 4 is 11.6 Å². The van der Waals surface area contributed by atoms with Crippen LogP contribution in [0.4, 0.5) is 0 Å². The van der Waals surface area contributed by atoms with Gasteiger partial charge in [0, 0.05) is 6.04 Å². The molecule has 1 aliphatic rings. The molecule has 78 valence electrons. The molecule has 14 heavy (non-hydrogen) atoms. The smallest absolute Gasteiger partial charge is 0.193 e. The van der Waals surface area contributed by atoms with Crippen LogP contribution in [0.15, 0.2) is 16.5 Å². The lowest BCUT2D eigenvalue weighted by molar-refractivity contribution is 0.440. The van der Waals surface area contributed by atoms with Crippen molar-refractivity contribution in [1.29, 1.82) is 0 Å². The van der Waals surface area contributed by atoms with E-state index in [2.05, 4.69) is 12.2 Å². The second kappa shape index (κ2) is 4.37. The monoisotopic (exact) mass is 213 g/mol. The molecule has 1 aliphatic carbocycles. The predicted molar refractivity (Wildman–Crippen MR) is 57.4 cm³/mol. The van der Waals surface area contributed by atoms with Gasteiger partial charge in [-0.1, -0.05) is 6.92 Å². The molecule has 0 saturated heterocycles. The topological polar surface area (TPSA) is 25.2 Å². The van der Waals surface area contributed by atoms with Crippen molar-refractivity contribution in [2.45, 2.75) is 38.8 Å². The van der Waals surface area contributed by atoms with Gasteiger partial charge in [0.15, 0.2) is 5.22 Å². The van der Waals surface area contributed by atoms with Gasteiger partial charge in [-0.2, -0.15) is 0 Å². The first kappa shape index (κ1) is 10.1. The first-order chi connectivity index (χ1) is 6.74. The highest BCUT2D eigenvalue weighted by Gasteiger charge is 2.20. The Balaban J connectivity index is 1.77. The van der Waals surface area contributed by atoms with E-state index < -0.39 is 0 Å². The normalized spacial score (nSPS) is 27.0. The maximum Gasteiger partial charge on any atom is 0.193 e. The number of hydrogen-bond acceptors (Lipinski definition) is 2. The lowest BCUT2D eigenvalue weighted by Gasteiger charge is -2.10. The highest BCUT2D eigenvalue weighted by atomic mass is 35.5. The van der Waals surface area contributed by atoms with E-state index in [0.717, 1.165) is 18.2 Å². The van der Waals surface area contributed by atoms with E-state index in [1.54, 1.807) is 6.07 Å². The van der Waals surface area contributed by atoms with Gasteiger partial charge >= 0.3 is 0 Å². The minimum absolute atomic E-state index is 0.474. The fraction of sp³-hybridized carbons (Fsp3) is 0.636. The van der Waals surface area contributed by atoms with Crippen LogP contribution in [-0.2, 0) is 6.54 Å². The van der Waals surface area contributed by atoms with Gasteiger partial charge in [-0.25, -0.2) is 0 Å². The van der Waals surface area contributed by atoms with Gasteiger partial charge in [0.25, 0.3) is 0 Å². The molecule has 3 heteroatoms. The molecule has 2 unspecified atom stereocenters. The Morgan fingerprint density at radius 1 is 1.50 bits per heavy atom. The Morgan fingerprint density at radius 3 is 2.93 bits per heavy atom. The van der Waals surface area contributed by atoms with Crippen molar-refractivity contribution in [3.05, 3.63) is 23.1 Å². The van der Waals surface area contributed by atoms with E-state index in [1.165, 1.54) is 19.3 Å². The summed E-state index contributed by atoms with van der Waals surface area (Å²) in [5.41, 5.74) is 0. The molecule has 1 heterocycles. The Morgan fingerprint density at radius 2 is 2.36 bits per heavy atom. The van der Waals surface area contributed by atoms with Crippen LogP contribution in [0.3, 0.4) is 0 Å². The van der Waals surface area contributed by atoms with Gasteiger partial charge in [-0.3, -0.25) is 0 Å². The summed E-state index contributed by atoms with van der Waals surface area (Å²) in [7, 11) is 0. The number of hydrogen-bond donors (Lipinski definition) is 1. The van der Waals surface area contributed by atoms with Crippen LogP contribution in [0.1, 0.15) is 31.9 Å². The third-order valence-electron chi connectivity index (χ3n) is 2.89. The second-order valence-electron chi connectivity index (χ2n) is 4.20. The van der Waals surface area contributed by atoms with Crippen LogP contribution in [0, 0.1) is 5.92 Å². The molecule has 2 atom stereocenters. The molecular formula is C11H16ClNO. The lowest BCUT2D eigenvalue weighted by Crippen LogP contribution is -2.25. The minimum Gasteiger partial charge on any atom is -0.448 e. The van der Waals surface area contributed by atoms with Crippen LogP contribution < -0.4 is 5.32 Å². The standard InChI is InChI=1S/C11H16ClNO/c1-8-2-3-9(6-8)13-7-10-4-5-11(12)14-10/h4-5,8-9,13H,2-3,6-7H2,1H3. The van der Waals surface area contributed by atoms with Gasteiger partial charge in [-0.15, -0.1) is 0 Å². The Hall–Kier alpha value is -0.470. The lowest BCUT2D eigenvalue weighted by atomic mass is 10.1. The third kappa shape index (κ3) is 2.52. The van der Waals surface area contributed by atoms with Crippen molar-refractivity contribution in [2.24, 2.45) is 5.92 Å². The number of nitrogens with one attached hydrogen (secondary N) is 1. The first-order valence-corrected chi connectivity index (χ1v) is 5.59. The van der Waals surface area contributed by atoms with E-state index in [9.17, 15) is 0 Å². The summed E-state index contributed by atoms with van der Waals surface area (Å²) >= 11 is 5.68. The molecule has 1 aromatic rings. The van der Waals surface area contributed by atoms with Crippen molar-refractivity contribution in [3.63, 3.8) is 0 Å². The molecule has 0 radical (unpaired) electrons. The largest absolute Gasteiger partial charge is 0.448 e. The molecule has 2 nitrogen and oxygen atoms in total. The van der Waals surface area contributed by atoms with Crippen LogP contribution in [0.2, 0.25) is 5.22 Å². The second-order valence-corrected chi connectivity index (χ2v) is 4.57. The summed E-state index contributed by atoms with van der Waals surface area (Å²) < 4.78 is 5.27. The average molecular weight is 214 g/mol. The van der Waals surface area contributed by atoms with E-state index in [-0.39, 0.29) is 0 Å². The van der Waals surface area contributed by atoms with Crippen LogP contribution in [0.5, 0.6) is 0 Å². The summed E-state index contributed by atoms with van der Waals surface area (Å²) in [4.78, 5) is 0. The highest BCUT2D eigenvalue weighted by Crippen LogP contribution is 2.25. The molecule has 1 N–H and O–H groups in total. The summed E-state index contributed by atoms with van der Waals surface area (Å²) in [6.45, 7) is 3.11. The van der Waals surface area contributed by atoms with Gasteiger partial charge in [0.1, 0.15) is 5.76 Å². The Bertz CT molecular complexity index is 297. The Labute approximate surface area is 89.6 Å².